The number of carbonyl (C=O) groups is 2. The van der Waals surface area contributed by atoms with E-state index in [2.05, 4.69) is 0 Å². The van der Waals surface area contributed by atoms with Crippen molar-refractivity contribution in [2.75, 3.05) is 20.8 Å². The van der Waals surface area contributed by atoms with E-state index in [1.807, 2.05) is 0 Å². The van der Waals surface area contributed by atoms with Crippen molar-refractivity contribution in [1.82, 2.24) is 0 Å². The first-order valence-corrected chi connectivity index (χ1v) is 9.83. The molecule has 0 aromatic heterocycles. The largest absolute Gasteiger partial charge is 0.504 e. The molecule has 11 nitrogen and oxygen atoms in total. The molecule has 2 aromatic rings. The summed E-state index contributed by atoms with van der Waals surface area (Å²) in [6, 6.07) is 7.97. The summed E-state index contributed by atoms with van der Waals surface area (Å²) >= 11 is 0. The van der Waals surface area contributed by atoms with E-state index in [0.29, 0.717) is 5.75 Å². The zero-order valence-corrected chi connectivity index (χ0v) is 17.7. The molecule has 0 spiro atoms. The molecular weight excluding hydrogens is 440 g/mol. The highest BCUT2D eigenvalue weighted by molar-refractivity contribution is 6.49. The van der Waals surface area contributed by atoms with Gasteiger partial charge in [-0.05, 0) is 36.4 Å². The third kappa shape index (κ3) is 4.92. The van der Waals surface area contributed by atoms with E-state index in [9.17, 15) is 35.1 Å². The lowest BCUT2D eigenvalue weighted by Gasteiger charge is -2.39. The number of Topliss-reactive ketones (excluding diaryl/α,β-unsaturated/α-hetero) is 2. The SMILES string of the molecule is COc1ccc(C(=O)C(=O)c2cc(O)c(OC)c(O[C@@H]3O[C@H](CO)[C@@H](O)[C@H](O)[C@H]3O)c2)cc1. The van der Waals surface area contributed by atoms with E-state index in [0.717, 1.165) is 12.1 Å². The summed E-state index contributed by atoms with van der Waals surface area (Å²) in [5.41, 5.74) is -0.152. The van der Waals surface area contributed by atoms with Crippen molar-refractivity contribution in [3.63, 3.8) is 0 Å². The van der Waals surface area contributed by atoms with Gasteiger partial charge in [0.25, 0.3) is 0 Å². The number of aromatic hydroxyl groups is 1. The fraction of sp³-hybridized carbons (Fsp3) is 0.364. The average Bonchev–Trinajstić information content (AvgIpc) is 2.83. The van der Waals surface area contributed by atoms with Crippen LogP contribution >= 0.6 is 0 Å². The van der Waals surface area contributed by atoms with E-state index in [1.165, 1.54) is 38.5 Å². The molecule has 33 heavy (non-hydrogen) atoms. The summed E-state index contributed by atoms with van der Waals surface area (Å²) in [6.07, 6.45) is -7.89. The molecule has 0 unspecified atom stereocenters. The molecule has 178 valence electrons. The highest BCUT2D eigenvalue weighted by Gasteiger charge is 2.45. The van der Waals surface area contributed by atoms with Crippen LogP contribution in [0.5, 0.6) is 23.0 Å². The average molecular weight is 464 g/mol. The topological polar surface area (TPSA) is 172 Å². The van der Waals surface area contributed by atoms with Crippen LogP contribution in [-0.4, -0.2) is 88.6 Å². The number of aliphatic hydroxyl groups excluding tert-OH is 4. The second-order valence-electron chi connectivity index (χ2n) is 7.23. The van der Waals surface area contributed by atoms with Crippen LogP contribution < -0.4 is 14.2 Å². The molecule has 5 atom stereocenters. The van der Waals surface area contributed by atoms with Crippen LogP contribution in [0.4, 0.5) is 0 Å². The van der Waals surface area contributed by atoms with Crippen LogP contribution in [0, 0.1) is 0 Å². The Morgan fingerprint density at radius 1 is 0.909 bits per heavy atom. The predicted octanol–water partition coefficient (Wildman–Crippen LogP) is -0.346. The number of rotatable bonds is 8. The molecule has 0 aliphatic carbocycles. The maximum absolute atomic E-state index is 12.8. The number of carbonyl (C=O) groups excluding carboxylic acids is 2. The Balaban J connectivity index is 1.90. The molecule has 1 heterocycles. The van der Waals surface area contributed by atoms with Gasteiger partial charge in [0.15, 0.2) is 11.5 Å². The normalized spacial score (nSPS) is 24.7. The van der Waals surface area contributed by atoms with E-state index >= 15 is 0 Å². The minimum atomic E-state index is -1.74. The number of hydrogen-bond acceptors (Lipinski definition) is 11. The van der Waals surface area contributed by atoms with Crippen molar-refractivity contribution in [3.05, 3.63) is 47.5 Å². The molecule has 5 N–H and O–H groups in total. The molecular formula is C22H24O11. The van der Waals surface area contributed by atoms with Crippen molar-refractivity contribution >= 4 is 11.6 Å². The predicted molar refractivity (Wildman–Crippen MR) is 111 cm³/mol. The minimum absolute atomic E-state index is 0.0903. The van der Waals surface area contributed by atoms with Gasteiger partial charge in [0.05, 0.1) is 20.8 Å². The smallest absolute Gasteiger partial charge is 0.233 e. The van der Waals surface area contributed by atoms with Gasteiger partial charge in [0.1, 0.15) is 30.2 Å². The lowest BCUT2D eigenvalue weighted by Crippen LogP contribution is -2.60. The second-order valence-corrected chi connectivity index (χ2v) is 7.23. The first-order valence-electron chi connectivity index (χ1n) is 9.83. The first kappa shape index (κ1) is 24.4. The Labute approximate surface area is 188 Å². The molecule has 2 aromatic carbocycles. The Morgan fingerprint density at radius 3 is 2.12 bits per heavy atom. The molecule has 1 aliphatic heterocycles. The van der Waals surface area contributed by atoms with Crippen LogP contribution in [0.2, 0.25) is 0 Å². The summed E-state index contributed by atoms with van der Waals surface area (Å²) in [5.74, 6) is -2.38. The summed E-state index contributed by atoms with van der Waals surface area (Å²) in [5, 5.41) is 49.7. The molecule has 0 saturated carbocycles. The number of ether oxygens (including phenoxy) is 4. The lowest BCUT2D eigenvalue weighted by atomic mass is 9.99. The Bertz CT molecular complexity index is 1000. The summed E-state index contributed by atoms with van der Waals surface area (Å²) < 4.78 is 20.9. The van der Waals surface area contributed by atoms with E-state index in [-0.39, 0.29) is 22.6 Å². The number of phenolic OH excluding ortho intramolecular Hbond substituents is 1. The van der Waals surface area contributed by atoms with Gasteiger partial charge >= 0.3 is 0 Å². The first-order chi connectivity index (χ1) is 15.7. The number of benzene rings is 2. The van der Waals surface area contributed by atoms with Gasteiger partial charge in [-0.15, -0.1) is 0 Å². The van der Waals surface area contributed by atoms with Gasteiger partial charge in [-0.25, -0.2) is 0 Å². The molecule has 0 bridgehead atoms. The Hall–Kier alpha value is -3.22. The van der Waals surface area contributed by atoms with Gasteiger partial charge in [0.2, 0.25) is 23.6 Å². The molecule has 1 saturated heterocycles. The van der Waals surface area contributed by atoms with E-state index in [1.54, 1.807) is 0 Å². The Kier molecular flexibility index (Phi) is 7.51. The number of phenols is 1. The monoisotopic (exact) mass is 464 g/mol. The maximum Gasteiger partial charge on any atom is 0.233 e. The molecule has 11 heteroatoms. The molecule has 0 radical (unpaired) electrons. The number of methoxy groups -OCH3 is 2. The molecule has 3 rings (SSSR count). The summed E-state index contributed by atoms with van der Waals surface area (Å²) in [4.78, 5) is 25.4. The fourth-order valence-electron chi connectivity index (χ4n) is 3.31. The zero-order valence-electron chi connectivity index (χ0n) is 17.7. The van der Waals surface area contributed by atoms with Crippen molar-refractivity contribution in [2.24, 2.45) is 0 Å². The fourth-order valence-corrected chi connectivity index (χ4v) is 3.31. The van der Waals surface area contributed by atoms with Gasteiger partial charge < -0.3 is 44.5 Å². The van der Waals surface area contributed by atoms with Crippen LogP contribution in [0.3, 0.4) is 0 Å². The minimum Gasteiger partial charge on any atom is -0.504 e. The maximum atomic E-state index is 12.8. The Morgan fingerprint density at radius 2 is 1.55 bits per heavy atom. The highest BCUT2D eigenvalue weighted by Crippen LogP contribution is 2.39. The van der Waals surface area contributed by atoms with Gasteiger partial charge in [-0.1, -0.05) is 0 Å². The van der Waals surface area contributed by atoms with E-state index in [4.69, 9.17) is 18.9 Å². The van der Waals surface area contributed by atoms with Crippen LogP contribution in [0.1, 0.15) is 20.7 Å². The van der Waals surface area contributed by atoms with Gasteiger partial charge in [0, 0.05) is 11.1 Å². The molecule has 1 aliphatic rings. The van der Waals surface area contributed by atoms with Crippen molar-refractivity contribution < 1.29 is 54.1 Å². The van der Waals surface area contributed by atoms with Crippen molar-refractivity contribution in [2.45, 2.75) is 30.7 Å². The zero-order chi connectivity index (χ0) is 24.3. The second kappa shape index (κ2) is 10.1. The van der Waals surface area contributed by atoms with Crippen molar-refractivity contribution in [1.29, 1.82) is 0 Å². The number of aliphatic hydroxyl groups is 4. The van der Waals surface area contributed by atoms with Gasteiger partial charge in [-0.2, -0.15) is 0 Å². The number of hydrogen-bond donors (Lipinski definition) is 5. The summed E-state index contributed by atoms with van der Waals surface area (Å²) in [6.45, 7) is -0.678. The van der Waals surface area contributed by atoms with E-state index < -0.39 is 54.6 Å². The number of ketones is 2. The van der Waals surface area contributed by atoms with Gasteiger partial charge in [-0.3, -0.25) is 9.59 Å². The highest BCUT2D eigenvalue weighted by atomic mass is 16.7. The van der Waals surface area contributed by atoms with Crippen LogP contribution in [0.15, 0.2) is 36.4 Å². The van der Waals surface area contributed by atoms with Crippen LogP contribution in [0.25, 0.3) is 0 Å². The third-order valence-electron chi connectivity index (χ3n) is 5.15. The van der Waals surface area contributed by atoms with Crippen LogP contribution in [-0.2, 0) is 4.74 Å². The van der Waals surface area contributed by atoms with Crippen molar-refractivity contribution in [3.8, 4) is 23.0 Å². The standard InChI is InChI=1S/C22H24O11/c1-30-12-5-3-10(4-6-12)16(25)17(26)11-7-13(24)21(31-2)14(8-11)32-22-20(29)19(28)18(27)15(9-23)33-22/h3-8,15,18-20,22-24,27-29H,9H2,1-2H3/t15-,18-,19+,20-,22-/m1/s1. The quantitative estimate of drug-likeness (QED) is 0.255. The third-order valence-corrected chi connectivity index (χ3v) is 5.15. The molecule has 1 fully saturated rings. The summed E-state index contributed by atoms with van der Waals surface area (Å²) in [7, 11) is 2.66. The molecule has 0 amide bonds. The lowest BCUT2D eigenvalue weighted by molar-refractivity contribution is -0.277.